The summed E-state index contributed by atoms with van der Waals surface area (Å²) in [6, 6.07) is 8.86. The first-order valence-electron chi connectivity index (χ1n) is 13.1. The third-order valence-electron chi connectivity index (χ3n) is 8.11. The molecular formula is C28H32N6O3. The third-order valence-corrected chi connectivity index (χ3v) is 8.11. The van der Waals surface area contributed by atoms with Gasteiger partial charge in [-0.3, -0.25) is 9.69 Å². The molecule has 1 aromatic heterocycles. The summed E-state index contributed by atoms with van der Waals surface area (Å²) in [4.78, 5) is 23.1. The number of anilines is 3. The number of hydrogen-bond acceptors (Lipinski definition) is 8. The van der Waals surface area contributed by atoms with Gasteiger partial charge in [0.15, 0.2) is 0 Å². The van der Waals surface area contributed by atoms with Crippen LogP contribution in [0.3, 0.4) is 0 Å². The van der Waals surface area contributed by atoms with E-state index >= 15 is 0 Å². The molecule has 6 rings (SSSR count). The predicted octanol–water partition coefficient (Wildman–Crippen LogP) is 3.00. The number of ether oxygens (including phenoxy) is 2. The minimum absolute atomic E-state index is 0.0117. The van der Waals surface area contributed by atoms with Crippen LogP contribution in [0.25, 0.3) is 0 Å². The fourth-order valence-electron chi connectivity index (χ4n) is 5.93. The molecular weight excluding hydrogens is 468 g/mol. The summed E-state index contributed by atoms with van der Waals surface area (Å²) in [5, 5.41) is 13.5. The number of likely N-dealkylation sites (tertiary alicyclic amines) is 2. The van der Waals surface area contributed by atoms with Crippen LogP contribution in [0.15, 0.2) is 37.1 Å². The molecule has 0 unspecified atom stereocenters. The van der Waals surface area contributed by atoms with Crippen molar-refractivity contribution in [1.82, 2.24) is 14.8 Å². The van der Waals surface area contributed by atoms with Crippen LogP contribution in [0.2, 0.25) is 0 Å². The number of carbonyl (C=O) groups is 1. The van der Waals surface area contributed by atoms with Gasteiger partial charge in [-0.05, 0) is 55.6 Å². The standard InChI is InChI=1S/C28H32N6O3/c1-2-27(35)34-16-21(17-34)32-7-4-19(5-8-32)22-14-24-26(13-20(22)15-29)37-18-23-25(3-6-30-28(23)31-24)33-9-11-36-12-10-33/h2-3,6,13-14,19,21H,1,4-5,7-12,16-18H2,(H,30,31). The zero-order chi connectivity index (χ0) is 25.4. The van der Waals surface area contributed by atoms with Crippen molar-refractivity contribution in [3.63, 3.8) is 0 Å². The number of nitriles is 1. The number of amides is 1. The highest BCUT2D eigenvalue weighted by atomic mass is 16.5. The number of rotatable bonds is 4. The quantitative estimate of drug-likeness (QED) is 0.641. The summed E-state index contributed by atoms with van der Waals surface area (Å²) in [7, 11) is 0. The molecule has 5 heterocycles. The van der Waals surface area contributed by atoms with E-state index < -0.39 is 0 Å². The Balaban J connectivity index is 1.19. The Hall–Kier alpha value is -3.61. The average Bonchev–Trinajstić information content (AvgIpc) is 3.11. The zero-order valence-electron chi connectivity index (χ0n) is 21.0. The molecule has 0 aliphatic carbocycles. The van der Waals surface area contributed by atoms with Gasteiger partial charge >= 0.3 is 0 Å². The fraction of sp³-hybridized carbons (Fsp3) is 0.464. The highest BCUT2D eigenvalue weighted by Crippen LogP contribution is 2.41. The molecule has 0 saturated carbocycles. The molecule has 3 fully saturated rings. The number of nitrogens with one attached hydrogen (secondary N) is 1. The molecule has 192 valence electrons. The first kappa shape index (κ1) is 23.8. The van der Waals surface area contributed by atoms with Gasteiger partial charge in [0.25, 0.3) is 0 Å². The molecule has 3 saturated heterocycles. The molecule has 0 bridgehead atoms. The van der Waals surface area contributed by atoms with E-state index in [1.807, 2.05) is 23.2 Å². The first-order valence-corrected chi connectivity index (χ1v) is 13.1. The summed E-state index contributed by atoms with van der Waals surface area (Å²) in [6.07, 6.45) is 5.19. The van der Waals surface area contributed by atoms with Crippen molar-refractivity contribution >= 4 is 23.1 Å². The van der Waals surface area contributed by atoms with Crippen molar-refractivity contribution in [2.75, 3.05) is 62.7 Å². The number of fused-ring (bicyclic) bond motifs is 2. The highest BCUT2D eigenvalue weighted by Gasteiger charge is 2.36. The van der Waals surface area contributed by atoms with Gasteiger partial charge in [-0.25, -0.2) is 4.98 Å². The van der Waals surface area contributed by atoms with Crippen LogP contribution in [-0.2, 0) is 16.1 Å². The van der Waals surface area contributed by atoms with Gasteiger partial charge in [-0.2, -0.15) is 5.26 Å². The van der Waals surface area contributed by atoms with Crippen molar-refractivity contribution < 1.29 is 14.3 Å². The average molecular weight is 501 g/mol. The second-order valence-corrected chi connectivity index (χ2v) is 10.1. The third kappa shape index (κ3) is 4.52. The Bertz CT molecular complexity index is 1240. The highest BCUT2D eigenvalue weighted by molar-refractivity contribution is 5.87. The Morgan fingerprint density at radius 2 is 1.97 bits per heavy atom. The number of aromatic nitrogens is 1. The zero-order valence-corrected chi connectivity index (χ0v) is 21.0. The molecule has 1 N–H and O–H groups in total. The van der Waals surface area contributed by atoms with Gasteiger partial charge in [0.1, 0.15) is 18.2 Å². The largest absolute Gasteiger partial charge is 0.486 e. The summed E-state index contributed by atoms with van der Waals surface area (Å²) >= 11 is 0. The lowest BCUT2D eigenvalue weighted by molar-refractivity contribution is -0.133. The van der Waals surface area contributed by atoms with E-state index in [-0.39, 0.29) is 5.91 Å². The Labute approximate surface area is 217 Å². The minimum atomic E-state index is 0.0117. The van der Waals surface area contributed by atoms with Gasteiger partial charge in [-0.1, -0.05) is 6.58 Å². The molecule has 4 aliphatic rings. The SMILES string of the molecule is C=CC(=O)N1CC(N2CCC(c3cc4c(cc3C#N)OCc3c(N5CCOCC5)ccnc3N4)CC2)C1. The lowest BCUT2D eigenvalue weighted by Gasteiger charge is -2.47. The number of piperidine rings is 1. The molecule has 2 aromatic rings. The summed E-state index contributed by atoms with van der Waals surface area (Å²) in [6.45, 7) is 10.6. The van der Waals surface area contributed by atoms with Crippen LogP contribution in [0.4, 0.5) is 17.2 Å². The topological polar surface area (TPSA) is 94.0 Å². The van der Waals surface area contributed by atoms with Crippen molar-refractivity contribution in [2.24, 2.45) is 0 Å². The van der Waals surface area contributed by atoms with Gasteiger partial charge in [0.05, 0.1) is 36.1 Å². The number of pyridine rings is 1. The Morgan fingerprint density at radius 1 is 1.19 bits per heavy atom. The first-order chi connectivity index (χ1) is 18.1. The second kappa shape index (κ2) is 10.0. The summed E-state index contributed by atoms with van der Waals surface area (Å²) in [5.41, 5.74) is 4.75. The van der Waals surface area contributed by atoms with Gasteiger partial charge in [0.2, 0.25) is 5.91 Å². The maximum absolute atomic E-state index is 11.8. The predicted molar refractivity (Wildman–Crippen MR) is 140 cm³/mol. The van der Waals surface area contributed by atoms with E-state index in [0.29, 0.717) is 43.1 Å². The normalized spacial score (nSPS) is 20.4. The van der Waals surface area contributed by atoms with Crippen LogP contribution in [-0.4, -0.2) is 79.2 Å². The van der Waals surface area contributed by atoms with E-state index in [1.165, 1.54) is 6.08 Å². The number of morpholine rings is 1. The Kier molecular flexibility index (Phi) is 6.45. The molecule has 4 aliphatic heterocycles. The summed E-state index contributed by atoms with van der Waals surface area (Å²) in [5.74, 6) is 1.80. The summed E-state index contributed by atoms with van der Waals surface area (Å²) < 4.78 is 11.8. The van der Waals surface area contributed by atoms with E-state index in [1.54, 1.807) is 0 Å². The monoisotopic (exact) mass is 500 g/mol. The van der Waals surface area contributed by atoms with Crippen LogP contribution >= 0.6 is 0 Å². The van der Waals surface area contributed by atoms with Crippen LogP contribution in [0, 0.1) is 11.3 Å². The maximum atomic E-state index is 11.8. The molecule has 1 aromatic carbocycles. The fourth-order valence-corrected chi connectivity index (χ4v) is 5.93. The van der Waals surface area contributed by atoms with E-state index in [9.17, 15) is 10.1 Å². The smallest absolute Gasteiger partial charge is 0.246 e. The van der Waals surface area contributed by atoms with Crippen LogP contribution in [0.1, 0.15) is 35.4 Å². The minimum Gasteiger partial charge on any atom is -0.486 e. The van der Waals surface area contributed by atoms with Crippen LogP contribution < -0.4 is 15.0 Å². The molecule has 9 heteroatoms. The van der Waals surface area contributed by atoms with Crippen molar-refractivity contribution in [3.8, 4) is 11.8 Å². The number of hydrogen-bond donors (Lipinski definition) is 1. The molecule has 0 atom stereocenters. The number of nitrogens with zero attached hydrogens (tertiary/aromatic N) is 5. The molecule has 37 heavy (non-hydrogen) atoms. The van der Waals surface area contributed by atoms with E-state index in [0.717, 1.165) is 80.4 Å². The van der Waals surface area contributed by atoms with Gasteiger partial charge in [0, 0.05) is 50.2 Å². The van der Waals surface area contributed by atoms with Gasteiger partial charge < -0.3 is 24.6 Å². The van der Waals surface area contributed by atoms with Gasteiger partial charge in [-0.15, -0.1) is 0 Å². The lowest BCUT2D eigenvalue weighted by atomic mass is 9.85. The molecule has 0 radical (unpaired) electrons. The molecule has 9 nitrogen and oxygen atoms in total. The number of carbonyl (C=O) groups excluding carboxylic acids is 1. The van der Waals surface area contributed by atoms with Crippen LogP contribution in [0.5, 0.6) is 5.75 Å². The van der Waals surface area contributed by atoms with E-state index in [4.69, 9.17) is 9.47 Å². The number of benzene rings is 1. The molecule has 1 amide bonds. The maximum Gasteiger partial charge on any atom is 0.246 e. The lowest BCUT2D eigenvalue weighted by Crippen LogP contribution is -2.61. The molecule has 0 spiro atoms. The van der Waals surface area contributed by atoms with Crippen molar-refractivity contribution in [1.29, 1.82) is 5.26 Å². The van der Waals surface area contributed by atoms with E-state index in [2.05, 4.69) is 38.8 Å². The second-order valence-electron chi connectivity index (χ2n) is 10.1. The van der Waals surface area contributed by atoms with Crippen molar-refractivity contribution in [2.45, 2.75) is 31.4 Å². The Morgan fingerprint density at radius 3 is 2.70 bits per heavy atom. The van der Waals surface area contributed by atoms with Crippen molar-refractivity contribution in [3.05, 3.63) is 53.7 Å².